The predicted octanol–water partition coefficient (Wildman–Crippen LogP) is 3.91. The summed E-state index contributed by atoms with van der Waals surface area (Å²) in [5.74, 6) is 2.02. The molecular formula is C21H20N2O3. The fourth-order valence-corrected chi connectivity index (χ4v) is 2.33. The molecule has 1 aromatic heterocycles. The molecule has 0 N–H and O–H groups in total. The van der Waals surface area contributed by atoms with Gasteiger partial charge in [-0.05, 0) is 54.1 Å². The maximum Gasteiger partial charge on any atom is 0.260 e. The molecule has 5 heteroatoms. The first-order valence-corrected chi connectivity index (χ1v) is 8.29. The molecule has 132 valence electrons. The van der Waals surface area contributed by atoms with Crippen molar-refractivity contribution in [3.05, 3.63) is 84.7 Å². The molecule has 3 aromatic rings. The minimum Gasteiger partial charge on any atom is -0.484 e. The van der Waals surface area contributed by atoms with Crippen molar-refractivity contribution < 1.29 is 14.3 Å². The molecule has 0 aliphatic carbocycles. The van der Waals surface area contributed by atoms with Crippen LogP contribution in [0.1, 0.15) is 5.56 Å². The summed E-state index contributed by atoms with van der Waals surface area (Å²) in [6, 6.07) is 20.5. The average Bonchev–Trinajstić information content (AvgIpc) is 2.69. The molecule has 0 saturated heterocycles. The van der Waals surface area contributed by atoms with Crippen molar-refractivity contribution in [2.75, 3.05) is 13.7 Å². The zero-order chi connectivity index (χ0) is 18.2. The van der Waals surface area contributed by atoms with Gasteiger partial charge in [-0.25, -0.2) is 0 Å². The molecule has 1 amide bonds. The molecule has 0 aliphatic rings. The molecule has 0 saturated carbocycles. The Kier molecular flexibility index (Phi) is 5.83. The number of likely N-dealkylation sites (N-methyl/N-ethyl adjacent to an activating group) is 1. The first kappa shape index (κ1) is 17.5. The van der Waals surface area contributed by atoms with Crippen molar-refractivity contribution in [3.63, 3.8) is 0 Å². The van der Waals surface area contributed by atoms with E-state index in [2.05, 4.69) is 4.98 Å². The van der Waals surface area contributed by atoms with Gasteiger partial charge in [-0.1, -0.05) is 18.2 Å². The van der Waals surface area contributed by atoms with Crippen LogP contribution in [0.3, 0.4) is 0 Å². The van der Waals surface area contributed by atoms with E-state index >= 15 is 0 Å². The Balaban J connectivity index is 1.49. The lowest BCUT2D eigenvalue weighted by Gasteiger charge is -2.17. The second kappa shape index (κ2) is 8.67. The lowest BCUT2D eigenvalue weighted by molar-refractivity contribution is -0.132. The Morgan fingerprint density at radius 2 is 1.50 bits per heavy atom. The second-order valence-electron chi connectivity index (χ2n) is 5.78. The van der Waals surface area contributed by atoms with E-state index in [-0.39, 0.29) is 12.5 Å². The summed E-state index contributed by atoms with van der Waals surface area (Å²) in [4.78, 5) is 17.8. The quantitative estimate of drug-likeness (QED) is 0.649. The number of pyridine rings is 1. The van der Waals surface area contributed by atoms with Crippen molar-refractivity contribution >= 4 is 5.91 Å². The molecule has 5 nitrogen and oxygen atoms in total. The number of carbonyl (C=O) groups excluding carboxylic acids is 1. The van der Waals surface area contributed by atoms with Crippen LogP contribution in [-0.4, -0.2) is 29.4 Å². The highest BCUT2D eigenvalue weighted by Crippen LogP contribution is 2.23. The maximum absolute atomic E-state index is 12.2. The smallest absolute Gasteiger partial charge is 0.260 e. The summed E-state index contributed by atoms with van der Waals surface area (Å²) in [6.07, 6.45) is 3.42. The summed E-state index contributed by atoms with van der Waals surface area (Å²) in [7, 11) is 1.75. The molecule has 0 spiro atoms. The van der Waals surface area contributed by atoms with Gasteiger partial charge in [0, 0.05) is 26.0 Å². The zero-order valence-corrected chi connectivity index (χ0v) is 14.5. The van der Waals surface area contributed by atoms with Gasteiger partial charge in [-0.2, -0.15) is 0 Å². The number of para-hydroxylation sites is 1. The van der Waals surface area contributed by atoms with Crippen LogP contribution in [-0.2, 0) is 11.3 Å². The van der Waals surface area contributed by atoms with Crippen molar-refractivity contribution in [2.45, 2.75) is 6.54 Å². The second-order valence-corrected chi connectivity index (χ2v) is 5.78. The van der Waals surface area contributed by atoms with Gasteiger partial charge >= 0.3 is 0 Å². The van der Waals surface area contributed by atoms with E-state index in [9.17, 15) is 4.79 Å². The van der Waals surface area contributed by atoms with E-state index in [1.165, 1.54) is 0 Å². The monoisotopic (exact) mass is 348 g/mol. The first-order chi connectivity index (χ1) is 12.7. The Bertz CT molecular complexity index is 821. The van der Waals surface area contributed by atoms with Crippen molar-refractivity contribution in [1.29, 1.82) is 0 Å². The van der Waals surface area contributed by atoms with Crippen LogP contribution in [0.2, 0.25) is 0 Å². The molecule has 2 aromatic carbocycles. The Labute approximate surface area is 152 Å². The molecule has 0 unspecified atom stereocenters. The number of rotatable bonds is 7. The number of nitrogens with zero attached hydrogens (tertiary/aromatic N) is 2. The summed E-state index contributed by atoms with van der Waals surface area (Å²) in [5.41, 5.74) is 1.03. The van der Waals surface area contributed by atoms with Gasteiger partial charge in [0.25, 0.3) is 5.91 Å². The molecule has 0 fully saturated rings. The SMILES string of the molecule is CN(Cc1ccncc1)C(=O)COc1ccc(Oc2ccccc2)cc1. The largest absolute Gasteiger partial charge is 0.484 e. The third-order valence-electron chi connectivity index (χ3n) is 3.76. The molecule has 0 atom stereocenters. The summed E-state index contributed by atoms with van der Waals surface area (Å²) < 4.78 is 11.3. The normalized spacial score (nSPS) is 10.2. The van der Waals surface area contributed by atoms with E-state index < -0.39 is 0 Å². The molecule has 3 rings (SSSR count). The molecule has 26 heavy (non-hydrogen) atoms. The van der Waals surface area contributed by atoms with Gasteiger partial charge in [0.15, 0.2) is 6.61 Å². The highest BCUT2D eigenvalue weighted by molar-refractivity contribution is 5.77. The lowest BCUT2D eigenvalue weighted by atomic mass is 10.2. The van der Waals surface area contributed by atoms with E-state index in [4.69, 9.17) is 9.47 Å². The van der Waals surface area contributed by atoms with Crippen LogP contribution in [0, 0.1) is 0 Å². The number of benzene rings is 2. The van der Waals surface area contributed by atoms with Crippen LogP contribution in [0.15, 0.2) is 79.1 Å². The standard InChI is InChI=1S/C21H20N2O3/c1-23(15-17-11-13-22-14-12-17)21(24)16-25-18-7-9-20(10-8-18)26-19-5-3-2-4-6-19/h2-14H,15-16H2,1H3. The van der Waals surface area contributed by atoms with Crippen molar-refractivity contribution in [1.82, 2.24) is 9.88 Å². The van der Waals surface area contributed by atoms with Gasteiger partial charge < -0.3 is 14.4 Å². The fourth-order valence-electron chi connectivity index (χ4n) is 2.33. The van der Waals surface area contributed by atoms with Gasteiger partial charge in [0.1, 0.15) is 17.2 Å². The highest BCUT2D eigenvalue weighted by atomic mass is 16.5. The van der Waals surface area contributed by atoms with Gasteiger partial charge in [0.05, 0.1) is 0 Å². The van der Waals surface area contributed by atoms with Crippen LogP contribution in [0.5, 0.6) is 17.2 Å². The zero-order valence-electron chi connectivity index (χ0n) is 14.5. The van der Waals surface area contributed by atoms with Crippen LogP contribution < -0.4 is 9.47 Å². The Morgan fingerprint density at radius 3 is 2.19 bits per heavy atom. The summed E-state index contributed by atoms with van der Waals surface area (Å²) in [5, 5.41) is 0. The van der Waals surface area contributed by atoms with Gasteiger partial charge in [0.2, 0.25) is 0 Å². The minimum absolute atomic E-state index is 0.0134. The number of hydrogen-bond acceptors (Lipinski definition) is 4. The van der Waals surface area contributed by atoms with Gasteiger partial charge in [-0.15, -0.1) is 0 Å². The summed E-state index contributed by atoms with van der Waals surface area (Å²) >= 11 is 0. The van der Waals surface area contributed by atoms with Crippen LogP contribution >= 0.6 is 0 Å². The van der Waals surface area contributed by atoms with E-state index in [1.807, 2.05) is 54.6 Å². The lowest BCUT2D eigenvalue weighted by Crippen LogP contribution is -2.30. The molecular weight excluding hydrogens is 328 g/mol. The molecule has 0 bridgehead atoms. The fraction of sp³-hybridized carbons (Fsp3) is 0.143. The topological polar surface area (TPSA) is 51.7 Å². The Morgan fingerprint density at radius 1 is 0.885 bits per heavy atom. The first-order valence-electron chi connectivity index (χ1n) is 8.29. The molecule has 1 heterocycles. The molecule has 0 aliphatic heterocycles. The summed E-state index contributed by atoms with van der Waals surface area (Å²) in [6.45, 7) is 0.509. The number of amides is 1. The third-order valence-corrected chi connectivity index (χ3v) is 3.76. The van der Waals surface area contributed by atoms with E-state index in [0.29, 0.717) is 18.0 Å². The van der Waals surface area contributed by atoms with E-state index in [1.54, 1.807) is 36.5 Å². The number of ether oxygens (including phenoxy) is 2. The highest BCUT2D eigenvalue weighted by Gasteiger charge is 2.10. The number of carbonyl (C=O) groups is 1. The average molecular weight is 348 g/mol. The number of aromatic nitrogens is 1. The van der Waals surface area contributed by atoms with Crippen molar-refractivity contribution in [2.24, 2.45) is 0 Å². The van der Waals surface area contributed by atoms with Gasteiger partial charge in [-0.3, -0.25) is 9.78 Å². The third kappa shape index (κ3) is 5.08. The minimum atomic E-state index is -0.0913. The molecule has 0 radical (unpaired) electrons. The van der Waals surface area contributed by atoms with E-state index in [0.717, 1.165) is 11.3 Å². The predicted molar refractivity (Wildman–Crippen MR) is 99.2 cm³/mol. The maximum atomic E-state index is 12.2. The van der Waals surface area contributed by atoms with Crippen LogP contribution in [0.4, 0.5) is 0 Å². The van der Waals surface area contributed by atoms with Crippen molar-refractivity contribution in [3.8, 4) is 17.2 Å². The van der Waals surface area contributed by atoms with Crippen LogP contribution in [0.25, 0.3) is 0 Å². The number of hydrogen-bond donors (Lipinski definition) is 0. The Hall–Kier alpha value is -3.34.